The third-order valence-electron chi connectivity index (χ3n) is 5.61. The van der Waals surface area contributed by atoms with E-state index in [4.69, 9.17) is 5.73 Å². The van der Waals surface area contributed by atoms with Gasteiger partial charge in [-0.15, -0.1) is 0 Å². The van der Waals surface area contributed by atoms with Crippen molar-refractivity contribution in [3.63, 3.8) is 0 Å². The van der Waals surface area contributed by atoms with Gasteiger partial charge in [-0.3, -0.25) is 19.4 Å². The van der Waals surface area contributed by atoms with Gasteiger partial charge in [-0.05, 0) is 54.6 Å². The van der Waals surface area contributed by atoms with Crippen LogP contribution in [0.5, 0.6) is 0 Å². The summed E-state index contributed by atoms with van der Waals surface area (Å²) in [5, 5.41) is 0.689. The van der Waals surface area contributed by atoms with Crippen LogP contribution in [0.2, 0.25) is 0 Å². The summed E-state index contributed by atoms with van der Waals surface area (Å²) < 4.78 is 0. The highest BCUT2D eigenvalue weighted by Gasteiger charge is 2.23. The molecular formula is C24H25N5O3S. The first-order chi connectivity index (χ1) is 15.9. The van der Waals surface area contributed by atoms with Crippen LogP contribution in [-0.2, 0) is 9.59 Å². The van der Waals surface area contributed by atoms with Gasteiger partial charge in [0, 0.05) is 56.3 Å². The van der Waals surface area contributed by atoms with Gasteiger partial charge in [-0.1, -0.05) is 12.1 Å². The Labute approximate surface area is 196 Å². The van der Waals surface area contributed by atoms with E-state index in [9.17, 15) is 14.4 Å². The maximum absolute atomic E-state index is 12.5. The third kappa shape index (κ3) is 5.31. The number of aromatic nitrogens is 1. The van der Waals surface area contributed by atoms with Gasteiger partial charge in [-0.25, -0.2) is 0 Å². The number of amides is 2. The molecule has 0 atom stereocenters. The van der Waals surface area contributed by atoms with Crippen LogP contribution in [0.1, 0.15) is 25.3 Å². The van der Waals surface area contributed by atoms with Crippen LogP contribution in [0.15, 0.2) is 52.5 Å². The molecule has 0 saturated carbocycles. The minimum Gasteiger partial charge on any atom is -0.383 e. The number of rotatable bonds is 6. The number of amidine groups is 1. The molecule has 0 bridgehead atoms. The second-order valence-corrected chi connectivity index (χ2v) is 8.81. The number of piperazine rings is 1. The molecule has 9 heteroatoms. The first kappa shape index (κ1) is 22.7. The molecule has 4 rings (SSSR count). The standard InChI is InChI=1S/C24H25N5O3S/c1-2-3-17(30)5-7-22(31)29-12-10-28(11-13-29)20-8-9-26-19-6-4-16(14-18(19)20)15-21-23(25)27-24(32)33-21/h2-4,6,8-9,14-15H,5,7,10-13H2,1H3,(H2,25,27,32)/b3-2?,21-15-. The Morgan fingerprint density at radius 3 is 2.64 bits per heavy atom. The number of ketones is 1. The molecule has 1 saturated heterocycles. The van der Waals surface area contributed by atoms with Crippen LogP contribution < -0.4 is 10.6 Å². The molecular weight excluding hydrogens is 438 g/mol. The van der Waals surface area contributed by atoms with E-state index in [1.54, 1.807) is 19.2 Å². The molecule has 1 fully saturated rings. The molecule has 2 aromatic rings. The molecule has 0 unspecified atom stereocenters. The number of carbonyl (C=O) groups excluding carboxylic acids is 3. The number of carbonyl (C=O) groups is 3. The zero-order valence-electron chi connectivity index (χ0n) is 18.4. The van der Waals surface area contributed by atoms with Crippen molar-refractivity contribution in [1.29, 1.82) is 0 Å². The predicted octanol–water partition coefficient (Wildman–Crippen LogP) is 3.37. The number of pyridine rings is 1. The molecule has 0 aliphatic carbocycles. The highest BCUT2D eigenvalue weighted by molar-refractivity contribution is 8.18. The maximum Gasteiger partial charge on any atom is 0.311 e. The van der Waals surface area contributed by atoms with Crippen molar-refractivity contribution in [2.24, 2.45) is 10.7 Å². The fourth-order valence-electron chi connectivity index (χ4n) is 3.95. The molecule has 2 amide bonds. The van der Waals surface area contributed by atoms with Crippen molar-refractivity contribution < 1.29 is 14.4 Å². The van der Waals surface area contributed by atoms with Crippen molar-refractivity contribution >= 4 is 57.2 Å². The lowest BCUT2D eigenvalue weighted by Crippen LogP contribution is -2.48. The Morgan fingerprint density at radius 2 is 1.94 bits per heavy atom. The van der Waals surface area contributed by atoms with Gasteiger partial charge in [0.25, 0.3) is 0 Å². The van der Waals surface area contributed by atoms with Gasteiger partial charge in [0.2, 0.25) is 5.91 Å². The lowest BCUT2D eigenvalue weighted by Gasteiger charge is -2.36. The Kier molecular flexibility index (Phi) is 6.88. The second-order valence-electron chi connectivity index (χ2n) is 7.81. The van der Waals surface area contributed by atoms with Crippen molar-refractivity contribution in [3.8, 4) is 0 Å². The van der Waals surface area contributed by atoms with Gasteiger partial charge in [0.05, 0.1) is 10.4 Å². The molecule has 1 aromatic carbocycles. The zero-order chi connectivity index (χ0) is 23.4. The summed E-state index contributed by atoms with van der Waals surface area (Å²) in [7, 11) is 0. The topological polar surface area (TPSA) is 109 Å². The Balaban J connectivity index is 1.47. The summed E-state index contributed by atoms with van der Waals surface area (Å²) >= 11 is 1.02. The number of aliphatic imine (C=N–C) groups is 1. The minimum atomic E-state index is -0.305. The number of hydrogen-bond donors (Lipinski definition) is 1. The summed E-state index contributed by atoms with van der Waals surface area (Å²) in [5.74, 6) is 0.237. The van der Waals surface area contributed by atoms with Crippen molar-refractivity contribution in [1.82, 2.24) is 9.88 Å². The number of nitrogens with two attached hydrogens (primary N) is 1. The van der Waals surface area contributed by atoms with Crippen LogP contribution in [0.4, 0.5) is 10.5 Å². The summed E-state index contributed by atoms with van der Waals surface area (Å²) in [6, 6.07) is 7.90. The number of anilines is 1. The lowest BCUT2D eigenvalue weighted by atomic mass is 10.1. The first-order valence-corrected chi connectivity index (χ1v) is 11.6. The minimum absolute atomic E-state index is 0.0175. The molecule has 2 N–H and O–H groups in total. The maximum atomic E-state index is 12.5. The van der Waals surface area contributed by atoms with Crippen molar-refractivity contribution in [2.75, 3.05) is 31.1 Å². The number of allylic oxidation sites excluding steroid dienone is 2. The fourth-order valence-corrected chi connectivity index (χ4v) is 4.62. The van der Waals surface area contributed by atoms with Gasteiger partial charge in [0.1, 0.15) is 5.84 Å². The molecule has 0 radical (unpaired) electrons. The monoisotopic (exact) mass is 463 g/mol. The Hall–Kier alpha value is -3.46. The van der Waals surface area contributed by atoms with E-state index in [0.717, 1.165) is 33.9 Å². The Morgan fingerprint density at radius 1 is 1.15 bits per heavy atom. The van der Waals surface area contributed by atoms with Crippen molar-refractivity contribution in [3.05, 3.63) is 53.1 Å². The lowest BCUT2D eigenvalue weighted by molar-refractivity contribution is -0.132. The smallest absolute Gasteiger partial charge is 0.311 e. The van der Waals surface area contributed by atoms with Gasteiger partial charge in [-0.2, -0.15) is 4.99 Å². The van der Waals surface area contributed by atoms with Crippen LogP contribution >= 0.6 is 11.8 Å². The molecule has 2 aliphatic heterocycles. The molecule has 2 aliphatic rings. The summed E-state index contributed by atoms with van der Waals surface area (Å²) in [4.78, 5) is 48.6. The van der Waals surface area contributed by atoms with E-state index < -0.39 is 0 Å². The number of thioether (sulfide) groups is 1. The average molecular weight is 464 g/mol. The van der Waals surface area contributed by atoms with E-state index in [0.29, 0.717) is 31.1 Å². The van der Waals surface area contributed by atoms with E-state index in [1.807, 2.05) is 35.2 Å². The quantitative estimate of drug-likeness (QED) is 0.654. The van der Waals surface area contributed by atoms with E-state index in [2.05, 4.69) is 14.9 Å². The summed E-state index contributed by atoms with van der Waals surface area (Å²) in [5.41, 5.74) is 8.66. The normalized spacial score (nSPS) is 17.9. The number of nitrogens with zero attached hydrogens (tertiary/aromatic N) is 4. The van der Waals surface area contributed by atoms with Gasteiger partial charge >= 0.3 is 5.24 Å². The Bertz CT molecular complexity index is 1200. The summed E-state index contributed by atoms with van der Waals surface area (Å²) in [6.45, 7) is 4.40. The largest absolute Gasteiger partial charge is 0.383 e. The number of hydrogen-bond acceptors (Lipinski definition) is 7. The van der Waals surface area contributed by atoms with Crippen molar-refractivity contribution in [2.45, 2.75) is 19.8 Å². The van der Waals surface area contributed by atoms with E-state index in [1.165, 1.54) is 6.08 Å². The highest BCUT2D eigenvalue weighted by Crippen LogP contribution is 2.31. The predicted molar refractivity (Wildman–Crippen MR) is 132 cm³/mol. The van der Waals surface area contributed by atoms with Crippen LogP contribution in [-0.4, -0.2) is 58.8 Å². The molecule has 8 nitrogen and oxygen atoms in total. The van der Waals surface area contributed by atoms with E-state index >= 15 is 0 Å². The second kappa shape index (κ2) is 9.99. The summed E-state index contributed by atoms with van der Waals surface area (Å²) in [6.07, 6.45) is 7.34. The van der Waals surface area contributed by atoms with Gasteiger partial charge in [0.15, 0.2) is 5.78 Å². The van der Waals surface area contributed by atoms with Crippen LogP contribution in [0.3, 0.4) is 0 Å². The number of fused-ring (bicyclic) bond motifs is 1. The zero-order valence-corrected chi connectivity index (χ0v) is 19.2. The van der Waals surface area contributed by atoms with Crippen LogP contribution in [0.25, 0.3) is 17.0 Å². The molecule has 1 aromatic heterocycles. The fraction of sp³-hybridized carbons (Fsp3) is 0.292. The molecule has 3 heterocycles. The molecule has 33 heavy (non-hydrogen) atoms. The highest BCUT2D eigenvalue weighted by atomic mass is 32.2. The third-order valence-corrected chi connectivity index (χ3v) is 6.43. The van der Waals surface area contributed by atoms with Gasteiger partial charge < -0.3 is 15.5 Å². The number of benzene rings is 1. The first-order valence-electron chi connectivity index (χ1n) is 10.8. The molecule has 170 valence electrons. The van der Waals surface area contributed by atoms with E-state index in [-0.39, 0.29) is 35.6 Å². The SMILES string of the molecule is CC=CC(=O)CCC(=O)N1CCN(c2ccnc3ccc(/C=C4\SC(=O)N=C4N)cc23)CC1. The molecule has 0 spiro atoms. The average Bonchev–Trinajstić information content (AvgIpc) is 3.13. The van der Waals surface area contributed by atoms with Crippen LogP contribution in [0, 0.1) is 0 Å².